The van der Waals surface area contributed by atoms with Gasteiger partial charge in [0.05, 0.1) is 5.57 Å². The van der Waals surface area contributed by atoms with Gasteiger partial charge in [0.1, 0.15) is 11.9 Å². The fourth-order valence-electron chi connectivity index (χ4n) is 5.50. The first-order chi connectivity index (χ1) is 14.8. The van der Waals surface area contributed by atoms with Gasteiger partial charge in [0.25, 0.3) is 5.91 Å². The summed E-state index contributed by atoms with van der Waals surface area (Å²) in [6.07, 6.45) is 3.37. The number of benzene rings is 1. The number of halogens is 1. The van der Waals surface area contributed by atoms with Crippen LogP contribution < -0.4 is 5.32 Å². The van der Waals surface area contributed by atoms with Crippen LogP contribution >= 0.6 is 0 Å². The highest BCUT2D eigenvalue weighted by Gasteiger charge is 2.47. The van der Waals surface area contributed by atoms with Crippen molar-refractivity contribution in [1.82, 2.24) is 5.32 Å². The molecule has 0 aromatic heterocycles. The van der Waals surface area contributed by atoms with E-state index in [9.17, 15) is 23.9 Å². The summed E-state index contributed by atoms with van der Waals surface area (Å²) in [4.78, 5) is 38.7. The minimum absolute atomic E-state index is 0.125. The third-order valence-corrected chi connectivity index (χ3v) is 7.10. The van der Waals surface area contributed by atoms with Crippen molar-refractivity contribution in [1.29, 1.82) is 0 Å². The molecule has 4 unspecified atom stereocenters. The molecule has 4 atom stereocenters. The van der Waals surface area contributed by atoms with Crippen LogP contribution in [0, 0.1) is 29.5 Å². The van der Waals surface area contributed by atoms with Gasteiger partial charge in [-0.3, -0.25) is 14.4 Å². The van der Waals surface area contributed by atoms with Gasteiger partial charge in [0, 0.05) is 18.0 Å². The molecule has 1 aromatic carbocycles. The van der Waals surface area contributed by atoms with Gasteiger partial charge < -0.3 is 10.4 Å². The summed E-state index contributed by atoms with van der Waals surface area (Å²) in [5.74, 6) is -0.942. The van der Waals surface area contributed by atoms with Crippen LogP contribution in [0.4, 0.5) is 4.39 Å². The summed E-state index contributed by atoms with van der Waals surface area (Å²) in [5.41, 5.74) is 1.37. The summed E-state index contributed by atoms with van der Waals surface area (Å²) in [6, 6.07) is 5.70. The van der Waals surface area contributed by atoms with Crippen molar-refractivity contribution in [2.24, 2.45) is 23.7 Å². The predicted octanol–water partition coefficient (Wildman–Crippen LogP) is 3.27. The molecule has 1 fully saturated rings. The van der Waals surface area contributed by atoms with Crippen LogP contribution in [0.25, 0.3) is 0 Å². The first-order valence-corrected chi connectivity index (χ1v) is 11.0. The highest BCUT2D eigenvalue weighted by molar-refractivity contribution is 6.25. The van der Waals surface area contributed by atoms with Crippen molar-refractivity contribution >= 4 is 17.5 Å². The second-order valence-corrected chi connectivity index (χ2v) is 9.25. The Morgan fingerprint density at radius 2 is 1.87 bits per heavy atom. The lowest BCUT2D eigenvalue weighted by molar-refractivity contribution is -0.131. The van der Waals surface area contributed by atoms with Gasteiger partial charge in [-0.25, -0.2) is 4.39 Å². The lowest BCUT2D eigenvalue weighted by Crippen LogP contribution is -2.46. The summed E-state index contributed by atoms with van der Waals surface area (Å²) < 4.78 is 13.1. The molecule has 1 amide bonds. The first-order valence-electron chi connectivity index (χ1n) is 11.0. The number of carbonyl (C=O) groups is 3. The maximum Gasteiger partial charge on any atom is 0.255 e. The average molecular weight is 426 g/mol. The second kappa shape index (κ2) is 8.50. The molecule has 4 rings (SSSR count). The summed E-state index contributed by atoms with van der Waals surface area (Å²) in [5, 5.41) is 13.3. The van der Waals surface area contributed by atoms with Crippen LogP contribution in [0.5, 0.6) is 0 Å². The Morgan fingerprint density at radius 3 is 2.55 bits per heavy atom. The molecule has 0 heterocycles. The number of aliphatic hydroxyl groups excluding tert-OH is 1. The van der Waals surface area contributed by atoms with Crippen LogP contribution in [0.15, 0.2) is 47.1 Å². The van der Waals surface area contributed by atoms with Crippen molar-refractivity contribution in [2.45, 2.75) is 52.2 Å². The molecule has 1 saturated carbocycles. The number of carbonyl (C=O) groups excluding carboxylic acids is 3. The highest BCUT2D eigenvalue weighted by atomic mass is 19.1. The van der Waals surface area contributed by atoms with Gasteiger partial charge >= 0.3 is 0 Å². The van der Waals surface area contributed by atoms with Crippen molar-refractivity contribution in [3.63, 3.8) is 0 Å². The Balaban J connectivity index is 1.58. The molecular formula is C25H28FNO4. The van der Waals surface area contributed by atoms with Gasteiger partial charge in [-0.2, -0.15) is 0 Å². The van der Waals surface area contributed by atoms with Crippen molar-refractivity contribution in [3.05, 3.63) is 58.4 Å². The zero-order chi connectivity index (χ0) is 22.3. The smallest absolute Gasteiger partial charge is 0.255 e. The Hall–Kier alpha value is -2.60. The first kappa shape index (κ1) is 21.6. The molecular weight excluding hydrogens is 397 g/mol. The monoisotopic (exact) mass is 425 g/mol. The Kier molecular flexibility index (Phi) is 5.93. The third kappa shape index (κ3) is 4.01. The number of fused-ring (bicyclic) bond motifs is 1. The number of nitrogens with one attached hydrogen (secondary N) is 1. The van der Waals surface area contributed by atoms with Gasteiger partial charge in [0.15, 0.2) is 5.78 Å². The Morgan fingerprint density at radius 1 is 1.16 bits per heavy atom. The summed E-state index contributed by atoms with van der Waals surface area (Å²) in [7, 11) is 0. The topological polar surface area (TPSA) is 83.5 Å². The second-order valence-electron chi connectivity index (χ2n) is 9.25. The largest absolute Gasteiger partial charge is 0.380 e. The van der Waals surface area contributed by atoms with E-state index in [1.807, 2.05) is 0 Å². The van der Waals surface area contributed by atoms with Crippen LogP contribution in [-0.2, 0) is 20.9 Å². The molecule has 0 spiro atoms. The van der Waals surface area contributed by atoms with Gasteiger partial charge in [-0.1, -0.05) is 32.4 Å². The average Bonchev–Trinajstić information content (AvgIpc) is 2.75. The molecule has 1 aromatic rings. The van der Waals surface area contributed by atoms with Crippen LogP contribution in [0.2, 0.25) is 0 Å². The van der Waals surface area contributed by atoms with E-state index in [-0.39, 0.29) is 41.1 Å². The summed E-state index contributed by atoms with van der Waals surface area (Å²) >= 11 is 0. The van der Waals surface area contributed by atoms with E-state index in [1.165, 1.54) is 18.2 Å². The molecule has 31 heavy (non-hydrogen) atoms. The van der Waals surface area contributed by atoms with Gasteiger partial charge in [-0.15, -0.1) is 0 Å². The SMILES string of the molecule is CC(C)C1CCCC2C(=O)C3=C(C=C(C(=O)NCc4ccc(F)cc4)C(=O)C3O)CC21. The quantitative estimate of drug-likeness (QED) is 0.726. The molecule has 3 aliphatic rings. The minimum atomic E-state index is -1.58. The molecule has 2 N–H and O–H groups in total. The standard InChI is InChI=1S/C25H28FNO4/c1-13(2)17-4-3-5-18-19(17)10-15-11-20(23(29)24(30)21(15)22(18)28)25(31)27-12-14-6-8-16(26)9-7-14/h6-9,11,13,17-19,24,30H,3-5,10,12H2,1-2H3,(H,27,31). The maximum atomic E-state index is 13.2. The fourth-order valence-corrected chi connectivity index (χ4v) is 5.50. The van der Waals surface area contributed by atoms with E-state index < -0.39 is 17.8 Å². The lowest BCUT2D eigenvalue weighted by atomic mass is 9.59. The van der Waals surface area contributed by atoms with Crippen LogP contribution in [-0.4, -0.2) is 28.7 Å². The molecule has 0 bridgehead atoms. The number of hydrogen-bond acceptors (Lipinski definition) is 4. The van der Waals surface area contributed by atoms with E-state index in [4.69, 9.17) is 0 Å². The molecule has 0 saturated heterocycles. The van der Waals surface area contributed by atoms with Crippen molar-refractivity contribution < 1.29 is 23.9 Å². The van der Waals surface area contributed by atoms with E-state index in [0.717, 1.165) is 19.3 Å². The van der Waals surface area contributed by atoms with E-state index in [1.54, 1.807) is 12.1 Å². The molecule has 0 aliphatic heterocycles. The maximum absolute atomic E-state index is 13.2. The third-order valence-electron chi connectivity index (χ3n) is 7.10. The van der Waals surface area contributed by atoms with Gasteiger partial charge in [-0.05, 0) is 66.4 Å². The zero-order valence-electron chi connectivity index (χ0n) is 17.9. The van der Waals surface area contributed by atoms with E-state index >= 15 is 0 Å². The number of hydrogen-bond donors (Lipinski definition) is 2. The normalized spacial score (nSPS) is 28.2. The number of aliphatic hydroxyl groups is 1. The number of Topliss-reactive ketones (excluding diaryl/α,β-unsaturated/α-hetero) is 2. The molecule has 5 nitrogen and oxygen atoms in total. The predicted molar refractivity (Wildman–Crippen MR) is 113 cm³/mol. The van der Waals surface area contributed by atoms with Gasteiger partial charge in [0.2, 0.25) is 5.78 Å². The summed E-state index contributed by atoms with van der Waals surface area (Å²) in [6.45, 7) is 4.47. The molecule has 0 radical (unpaired) electrons. The Bertz CT molecular complexity index is 976. The molecule has 6 heteroatoms. The number of ketones is 2. The van der Waals surface area contributed by atoms with Crippen LogP contribution in [0.1, 0.15) is 45.1 Å². The highest BCUT2D eigenvalue weighted by Crippen LogP contribution is 2.48. The molecule has 3 aliphatic carbocycles. The minimum Gasteiger partial charge on any atom is -0.380 e. The number of amides is 1. The Labute approximate surface area is 181 Å². The number of rotatable bonds is 4. The fraction of sp³-hybridized carbons (Fsp3) is 0.480. The van der Waals surface area contributed by atoms with Crippen molar-refractivity contribution in [3.8, 4) is 0 Å². The van der Waals surface area contributed by atoms with Crippen molar-refractivity contribution in [2.75, 3.05) is 0 Å². The molecule has 164 valence electrons. The van der Waals surface area contributed by atoms with Crippen LogP contribution in [0.3, 0.4) is 0 Å². The zero-order valence-corrected chi connectivity index (χ0v) is 17.9. The number of allylic oxidation sites excluding steroid dienone is 2. The van der Waals surface area contributed by atoms with E-state index in [0.29, 0.717) is 29.4 Å². The van der Waals surface area contributed by atoms with E-state index in [2.05, 4.69) is 19.2 Å². The lowest BCUT2D eigenvalue weighted by Gasteiger charge is -2.44.